The first-order valence-electron chi connectivity index (χ1n) is 6.51. The summed E-state index contributed by atoms with van der Waals surface area (Å²) >= 11 is 5.82. The third-order valence-electron chi connectivity index (χ3n) is 2.76. The van der Waals surface area contributed by atoms with E-state index in [-0.39, 0.29) is 6.61 Å². The highest BCUT2D eigenvalue weighted by Crippen LogP contribution is 2.19. The Hall–Kier alpha value is -1.59. The van der Waals surface area contributed by atoms with Crippen LogP contribution >= 0.6 is 11.6 Å². The molecule has 1 rings (SSSR count). The second-order valence-corrected chi connectivity index (χ2v) is 4.89. The molecule has 0 saturated heterocycles. The first-order chi connectivity index (χ1) is 9.54. The number of aliphatic hydroxyl groups excluding tert-OH is 1. The number of unbranched alkanes of at least 4 members (excludes halogenated alkanes) is 2. The van der Waals surface area contributed by atoms with Crippen LogP contribution in [0.4, 0.5) is 5.69 Å². The van der Waals surface area contributed by atoms with Gasteiger partial charge in [0.15, 0.2) is 0 Å². The molecule has 0 radical (unpaired) electrons. The Morgan fingerprint density at radius 1 is 1.20 bits per heavy atom. The van der Waals surface area contributed by atoms with Gasteiger partial charge >= 0.3 is 11.8 Å². The molecule has 2 amide bonds. The van der Waals surface area contributed by atoms with Crippen molar-refractivity contribution in [1.82, 2.24) is 5.32 Å². The number of carbonyl (C=O) groups is 2. The van der Waals surface area contributed by atoms with Gasteiger partial charge in [-0.25, -0.2) is 0 Å². The molecule has 5 nitrogen and oxygen atoms in total. The number of carbonyl (C=O) groups excluding carboxylic acids is 2. The van der Waals surface area contributed by atoms with E-state index in [1.165, 1.54) is 0 Å². The molecule has 0 heterocycles. The van der Waals surface area contributed by atoms with Crippen LogP contribution in [-0.2, 0) is 9.59 Å². The van der Waals surface area contributed by atoms with Crippen molar-refractivity contribution >= 4 is 29.1 Å². The fraction of sp³-hybridized carbons (Fsp3) is 0.429. The van der Waals surface area contributed by atoms with Gasteiger partial charge in [-0.05, 0) is 49.9 Å². The minimum absolute atomic E-state index is 0.143. The minimum atomic E-state index is -0.697. The number of hydrogen-bond donors (Lipinski definition) is 3. The van der Waals surface area contributed by atoms with E-state index >= 15 is 0 Å². The zero-order valence-corrected chi connectivity index (χ0v) is 12.2. The predicted molar refractivity (Wildman–Crippen MR) is 78.8 cm³/mol. The van der Waals surface area contributed by atoms with Crippen molar-refractivity contribution in [3.8, 4) is 0 Å². The highest BCUT2D eigenvalue weighted by Gasteiger charge is 2.13. The van der Waals surface area contributed by atoms with Crippen molar-refractivity contribution in [2.24, 2.45) is 0 Å². The Morgan fingerprint density at radius 3 is 2.60 bits per heavy atom. The van der Waals surface area contributed by atoms with Crippen molar-refractivity contribution in [2.45, 2.75) is 26.2 Å². The number of halogens is 1. The van der Waals surface area contributed by atoms with Gasteiger partial charge in [0, 0.05) is 23.9 Å². The number of benzene rings is 1. The van der Waals surface area contributed by atoms with Gasteiger partial charge < -0.3 is 15.7 Å². The van der Waals surface area contributed by atoms with Crippen LogP contribution in [0.3, 0.4) is 0 Å². The van der Waals surface area contributed by atoms with Crippen LogP contribution in [0.15, 0.2) is 18.2 Å². The summed E-state index contributed by atoms with van der Waals surface area (Å²) in [7, 11) is 0. The lowest BCUT2D eigenvalue weighted by Crippen LogP contribution is -2.36. The topological polar surface area (TPSA) is 78.4 Å². The van der Waals surface area contributed by atoms with E-state index in [9.17, 15) is 9.59 Å². The number of nitrogens with one attached hydrogen (secondary N) is 2. The zero-order valence-electron chi connectivity index (χ0n) is 11.4. The van der Waals surface area contributed by atoms with Crippen LogP contribution in [0.25, 0.3) is 0 Å². The lowest BCUT2D eigenvalue weighted by Gasteiger charge is -2.09. The number of hydrogen-bond acceptors (Lipinski definition) is 3. The molecule has 6 heteroatoms. The second-order valence-electron chi connectivity index (χ2n) is 4.45. The Morgan fingerprint density at radius 2 is 1.95 bits per heavy atom. The van der Waals surface area contributed by atoms with E-state index in [1.807, 2.05) is 0 Å². The van der Waals surface area contributed by atoms with E-state index in [2.05, 4.69) is 10.6 Å². The maximum Gasteiger partial charge on any atom is 0.313 e. The molecule has 0 bridgehead atoms. The van der Waals surface area contributed by atoms with Crippen LogP contribution in [0.5, 0.6) is 0 Å². The third kappa shape index (κ3) is 5.59. The smallest absolute Gasteiger partial charge is 0.313 e. The molecule has 3 N–H and O–H groups in total. The van der Waals surface area contributed by atoms with Gasteiger partial charge in [0.25, 0.3) is 0 Å². The van der Waals surface area contributed by atoms with Crippen LogP contribution in [-0.4, -0.2) is 30.1 Å². The maximum absolute atomic E-state index is 11.7. The van der Waals surface area contributed by atoms with Crippen LogP contribution < -0.4 is 10.6 Å². The molecule has 0 aliphatic carbocycles. The van der Waals surface area contributed by atoms with Gasteiger partial charge in [-0.1, -0.05) is 11.6 Å². The SMILES string of the molecule is Cc1cc(Cl)ccc1NC(=O)C(=O)NCCCCCO. The summed E-state index contributed by atoms with van der Waals surface area (Å²) in [5.41, 5.74) is 1.36. The summed E-state index contributed by atoms with van der Waals surface area (Å²) in [6.45, 7) is 2.37. The summed E-state index contributed by atoms with van der Waals surface area (Å²) < 4.78 is 0. The summed E-state index contributed by atoms with van der Waals surface area (Å²) in [6.07, 6.45) is 2.25. The summed E-state index contributed by atoms with van der Waals surface area (Å²) in [5, 5.41) is 14.3. The molecule has 110 valence electrons. The minimum Gasteiger partial charge on any atom is -0.396 e. The van der Waals surface area contributed by atoms with E-state index in [1.54, 1.807) is 25.1 Å². The molecule has 0 saturated carbocycles. The zero-order chi connectivity index (χ0) is 15.0. The quantitative estimate of drug-likeness (QED) is 0.554. The van der Waals surface area contributed by atoms with Gasteiger partial charge in [-0.3, -0.25) is 9.59 Å². The van der Waals surface area contributed by atoms with Crippen molar-refractivity contribution in [3.05, 3.63) is 28.8 Å². The van der Waals surface area contributed by atoms with Crippen molar-refractivity contribution in [1.29, 1.82) is 0 Å². The monoisotopic (exact) mass is 298 g/mol. The highest BCUT2D eigenvalue weighted by atomic mass is 35.5. The van der Waals surface area contributed by atoms with Gasteiger partial charge in [-0.15, -0.1) is 0 Å². The van der Waals surface area contributed by atoms with Crippen LogP contribution in [0, 0.1) is 6.92 Å². The number of aryl methyl sites for hydroxylation is 1. The molecule has 0 unspecified atom stereocenters. The summed E-state index contributed by atoms with van der Waals surface area (Å²) in [4.78, 5) is 23.2. The molecule has 1 aromatic rings. The number of amides is 2. The molecule has 20 heavy (non-hydrogen) atoms. The van der Waals surface area contributed by atoms with Crippen LogP contribution in [0.1, 0.15) is 24.8 Å². The summed E-state index contributed by atoms with van der Waals surface area (Å²) in [5.74, 6) is -1.36. The molecule has 0 atom stereocenters. The molecular weight excluding hydrogens is 280 g/mol. The van der Waals surface area contributed by atoms with Crippen molar-refractivity contribution < 1.29 is 14.7 Å². The predicted octanol–water partition coefficient (Wildman–Crippen LogP) is 1.87. The van der Waals surface area contributed by atoms with E-state index < -0.39 is 11.8 Å². The Balaban J connectivity index is 2.39. The molecular formula is C14H19ClN2O3. The number of rotatable bonds is 6. The van der Waals surface area contributed by atoms with Gasteiger partial charge in [0.1, 0.15) is 0 Å². The average molecular weight is 299 g/mol. The highest BCUT2D eigenvalue weighted by molar-refractivity contribution is 6.39. The first kappa shape index (κ1) is 16.5. The molecule has 1 aromatic carbocycles. The van der Waals surface area contributed by atoms with Gasteiger partial charge in [0.05, 0.1) is 0 Å². The summed E-state index contributed by atoms with van der Waals surface area (Å²) in [6, 6.07) is 5.02. The maximum atomic E-state index is 11.7. The lowest BCUT2D eigenvalue weighted by atomic mass is 10.2. The molecule has 0 fully saturated rings. The molecule has 0 aromatic heterocycles. The van der Waals surface area contributed by atoms with Crippen LogP contribution in [0.2, 0.25) is 5.02 Å². The van der Waals surface area contributed by atoms with E-state index in [0.717, 1.165) is 18.4 Å². The van der Waals surface area contributed by atoms with Crippen molar-refractivity contribution in [3.63, 3.8) is 0 Å². The normalized spacial score (nSPS) is 10.2. The second kappa shape index (κ2) is 8.55. The molecule has 0 aliphatic heterocycles. The van der Waals surface area contributed by atoms with Gasteiger partial charge in [0.2, 0.25) is 0 Å². The lowest BCUT2D eigenvalue weighted by molar-refractivity contribution is -0.136. The van der Waals surface area contributed by atoms with E-state index in [0.29, 0.717) is 23.7 Å². The molecule has 0 aliphatic rings. The van der Waals surface area contributed by atoms with Crippen molar-refractivity contribution in [2.75, 3.05) is 18.5 Å². The number of aliphatic hydroxyl groups is 1. The number of anilines is 1. The third-order valence-corrected chi connectivity index (χ3v) is 3.00. The fourth-order valence-electron chi connectivity index (χ4n) is 1.64. The van der Waals surface area contributed by atoms with Gasteiger partial charge in [-0.2, -0.15) is 0 Å². The standard InChI is InChI=1S/C14H19ClN2O3/c1-10-9-11(15)5-6-12(10)17-14(20)13(19)16-7-3-2-4-8-18/h5-6,9,18H,2-4,7-8H2,1H3,(H,16,19)(H,17,20). The Bertz CT molecular complexity index is 477. The average Bonchev–Trinajstić information content (AvgIpc) is 2.41. The largest absolute Gasteiger partial charge is 0.396 e. The fourth-order valence-corrected chi connectivity index (χ4v) is 1.87. The molecule has 0 spiro atoms. The Kier molecular flexibility index (Phi) is 7.04. The Labute approximate surface area is 123 Å². The van der Waals surface area contributed by atoms with E-state index in [4.69, 9.17) is 16.7 Å². The first-order valence-corrected chi connectivity index (χ1v) is 6.88.